The molecule has 0 aliphatic heterocycles. The number of halogens is 3. The molecular formula is C13H17F3N4. The van der Waals surface area contributed by atoms with Crippen molar-refractivity contribution >= 4 is 0 Å². The number of aryl methyl sites for hydroxylation is 3. The average Bonchev–Trinajstić information content (AvgIpc) is 2.82. The molecule has 0 amide bonds. The summed E-state index contributed by atoms with van der Waals surface area (Å²) in [4.78, 5) is 0. The molecule has 0 saturated heterocycles. The van der Waals surface area contributed by atoms with Gasteiger partial charge in [0.1, 0.15) is 0 Å². The highest BCUT2D eigenvalue weighted by Crippen LogP contribution is 2.33. The number of nitrogens with zero attached hydrogens (tertiary/aromatic N) is 4. The minimum atomic E-state index is -4.43. The SMILES string of the molecule is CCCn1nc(C)c(-c2cc(C(F)(F)F)nn2C)c1C. The number of rotatable bonds is 3. The van der Waals surface area contributed by atoms with E-state index in [1.54, 1.807) is 6.92 Å². The first-order valence-electron chi connectivity index (χ1n) is 6.41. The van der Waals surface area contributed by atoms with Gasteiger partial charge in [-0.1, -0.05) is 6.92 Å². The Morgan fingerprint density at radius 1 is 1.20 bits per heavy atom. The van der Waals surface area contributed by atoms with Crippen LogP contribution >= 0.6 is 0 Å². The van der Waals surface area contributed by atoms with Crippen molar-refractivity contribution in [3.63, 3.8) is 0 Å². The fourth-order valence-electron chi connectivity index (χ4n) is 2.34. The van der Waals surface area contributed by atoms with Crippen LogP contribution in [0.2, 0.25) is 0 Å². The van der Waals surface area contributed by atoms with Gasteiger partial charge in [0.15, 0.2) is 5.69 Å². The zero-order valence-corrected chi connectivity index (χ0v) is 11.9. The van der Waals surface area contributed by atoms with Crippen molar-refractivity contribution in [2.24, 2.45) is 7.05 Å². The van der Waals surface area contributed by atoms with Crippen LogP contribution in [0.4, 0.5) is 13.2 Å². The molecule has 0 aliphatic rings. The molecular weight excluding hydrogens is 269 g/mol. The van der Waals surface area contributed by atoms with Crippen LogP contribution in [0.15, 0.2) is 6.07 Å². The standard InChI is InChI=1S/C13H17F3N4/c1-5-6-20-9(3)12(8(2)17-20)10-7-11(13(14,15)16)18-19(10)4/h7H,5-6H2,1-4H3. The van der Waals surface area contributed by atoms with Gasteiger partial charge in [-0.05, 0) is 26.3 Å². The van der Waals surface area contributed by atoms with Crippen LogP contribution in [-0.2, 0) is 19.8 Å². The highest BCUT2D eigenvalue weighted by molar-refractivity contribution is 5.65. The zero-order chi connectivity index (χ0) is 15.1. The Kier molecular flexibility index (Phi) is 3.62. The van der Waals surface area contributed by atoms with E-state index in [0.29, 0.717) is 11.4 Å². The van der Waals surface area contributed by atoms with E-state index in [0.717, 1.165) is 30.3 Å². The third-order valence-electron chi connectivity index (χ3n) is 3.24. The molecule has 0 aromatic carbocycles. The van der Waals surface area contributed by atoms with Crippen molar-refractivity contribution in [3.8, 4) is 11.3 Å². The molecule has 2 heterocycles. The fourth-order valence-corrected chi connectivity index (χ4v) is 2.34. The number of hydrogen-bond acceptors (Lipinski definition) is 2. The van der Waals surface area contributed by atoms with Crippen molar-refractivity contribution in [3.05, 3.63) is 23.1 Å². The van der Waals surface area contributed by atoms with Gasteiger partial charge in [0, 0.05) is 24.8 Å². The van der Waals surface area contributed by atoms with Crippen LogP contribution in [-0.4, -0.2) is 19.6 Å². The quantitative estimate of drug-likeness (QED) is 0.867. The van der Waals surface area contributed by atoms with E-state index < -0.39 is 11.9 Å². The minimum Gasteiger partial charge on any atom is -0.269 e. The summed E-state index contributed by atoms with van der Waals surface area (Å²) in [7, 11) is 1.51. The summed E-state index contributed by atoms with van der Waals surface area (Å²) in [5, 5.41) is 7.93. The molecule has 0 spiro atoms. The topological polar surface area (TPSA) is 35.6 Å². The van der Waals surface area contributed by atoms with Gasteiger partial charge in [-0.25, -0.2) is 0 Å². The molecule has 110 valence electrons. The number of alkyl halides is 3. The zero-order valence-electron chi connectivity index (χ0n) is 11.9. The summed E-state index contributed by atoms with van der Waals surface area (Å²) in [6.45, 7) is 6.44. The maximum Gasteiger partial charge on any atom is 0.435 e. The largest absolute Gasteiger partial charge is 0.435 e. The lowest BCUT2D eigenvalue weighted by molar-refractivity contribution is -0.141. The Hall–Kier alpha value is -1.79. The van der Waals surface area contributed by atoms with Crippen molar-refractivity contribution in [1.29, 1.82) is 0 Å². The lowest BCUT2D eigenvalue weighted by atomic mass is 10.1. The smallest absolute Gasteiger partial charge is 0.269 e. The second kappa shape index (κ2) is 4.96. The number of hydrogen-bond donors (Lipinski definition) is 0. The van der Waals surface area contributed by atoms with E-state index >= 15 is 0 Å². The molecule has 0 fully saturated rings. The van der Waals surface area contributed by atoms with Crippen molar-refractivity contribution in [1.82, 2.24) is 19.6 Å². The maximum absolute atomic E-state index is 12.7. The Labute approximate surface area is 115 Å². The molecule has 4 nitrogen and oxygen atoms in total. The molecule has 20 heavy (non-hydrogen) atoms. The van der Waals surface area contributed by atoms with Gasteiger partial charge < -0.3 is 0 Å². The third-order valence-corrected chi connectivity index (χ3v) is 3.24. The van der Waals surface area contributed by atoms with E-state index in [1.165, 1.54) is 11.7 Å². The summed E-state index contributed by atoms with van der Waals surface area (Å²) in [6.07, 6.45) is -3.52. The molecule has 7 heteroatoms. The van der Waals surface area contributed by atoms with Crippen LogP contribution in [0.5, 0.6) is 0 Å². The fraction of sp³-hybridized carbons (Fsp3) is 0.538. The Balaban J connectivity index is 2.55. The van der Waals surface area contributed by atoms with Gasteiger partial charge in [0.25, 0.3) is 0 Å². The molecule has 2 aromatic heterocycles. The van der Waals surface area contributed by atoms with E-state index in [4.69, 9.17) is 0 Å². The molecule has 0 N–H and O–H groups in total. The van der Waals surface area contributed by atoms with Gasteiger partial charge >= 0.3 is 6.18 Å². The minimum absolute atomic E-state index is 0.440. The highest BCUT2D eigenvalue weighted by atomic mass is 19.4. The molecule has 2 aromatic rings. The molecule has 0 radical (unpaired) electrons. The van der Waals surface area contributed by atoms with Gasteiger partial charge in [-0.2, -0.15) is 23.4 Å². The summed E-state index contributed by atoms with van der Waals surface area (Å²) < 4.78 is 41.3. The molecule has 0 unspecified atom stereocenters. The third kappa shape index (κ3) is 2.44. The van der Waals surface area contributed by atoms with Crippen LogP contribution in [0.1, 0.15) is 30.4 Å². The Morgan fingerprint density at radius 2 is 1.85 bits per heavy atom. The first-order valence-corrected chi connectivity index (χ1v) is 6.41. The Morgan fingerprint density at radius 3 is 2.35 bits per heavy atom. The lowest BCUT2D eigenvalue weighted by Gasteiger charge is -2.04. The summed E-state index contributed by atoms with van der Waals surface area (Å²) in [5.41, 5.74) is 1.87. The number of aromatic nitrogens is 4. The van der Waals surface area contributed by atoms with Crippen molar-refractivity contribution in [2.45, 2.75) is 39.9 Å². The predicted octanol–water partition coefficient (Wildman–Crippen LogP) is 3.33. The average molecular weight is 286 g/mol. The molecule has 0 saturated carbocycles. The van der Waals surface area contributed by atoms with Crippen molar-refractivity contribution < 1.29 is 13.2 Å². The molecule has 0 atom stereocenters. The van der Waals surface area contributed by atoms with Gasteiger partial charge in [0.05, 0.1) is 11.4 Å². The van der Waals surface area contributed by atoms with Crippen LogP contribution < -0.4 is 0 Å². The van der Waals surface area contributed by atoms with Gasteiger partial charge in [0.2, 0.25) is 0 Å². The van der Waals surface area contributed by atoms with Gasteiger partial charge in [-0.15, -0.1) is 0 Å². The Bertz CT molecular complexity index is 622. The first-order chi connectivity index (χ1) is 9.25. The van der Waals surface area contributed by atoms with E-state index in [-0.39, 0.29) is 0 Å². The summed E-state index contributed by atoms with van der Waals surface area (Å²) >= 11 is 0. The molecule has 0 bridgehead atoms. The maximum atomic E-state index is 12.7. The summed E-state index contributed by atoms with van der Waals surface area (Å²) in [5.74, 6) is 0. The second-order valence-corrected chi connectivity index (χ2v) is 4.81. The van der Waals surface area contributed by atoms with Crippen LogP contribution in [0, 0.1) is 13.8 Å². The van der Waals surface area contributed by atoms with Gasteiger partial charge in [-0.3, -0.25) is 9.36 Å². The highest BCUT2D eigenvalue weighted by Gasteiger charge is 2.35. The monoisotopic (exact) mass is 286 g/mol. The van der Waals surface area contributed by atoms with E-state index in [2.05, 4.69) is 10.2 Å². The normalized spacial score (nSPS) is 12.2. The molecule has 0 aliphatic carbocycles. The van der Waals surface area contributed by atoms with E-state index in [9.17, 15) is 13.2 Å². The van der Waals surface area contributed by atoms with Crippen molar-refractivity contribution in [2.75, 3.05) is 0 Å². The molecule has 2 rings (SSSR count). The lowest BCUT2D eigenvalue weighted by Crippen LogP contribution is -2.06. The predicted molar refractivity (Wildman–Crippen MR) is 69.2 cm³/mol. The summed E-state index contributed by atoms with van der Waals surface area (Å²) in [6, 6.07) is 1.08. The second-order valence-electron chi connectivity index (χ2n) is 4.81. The van der Waals surface area contributed by atoms with E-state index in [1.807, 2.05) is 18.5 Å². The van der Waals surface area contributed by atoms with Crippen LogP contribution in [0.3, 0.4) is 0 Å². The first kappa shape index (κ1) is 14.6. The van der Waals surface area contributed by atoms with Crippen LogP contribution in [0.25, 0.3) is 11.3 Å².